The summed E-state index contributed by atoms with van der Waals surface area (Å²) in [5.41, 5.74) is 5.72. The van der Waals surface area contributed by atoms with E-state index in [0.29, 0.717) is 11.3 Å². The third-order valence-corrected chi connectivity index (χ3v) is 4.13. The Morgan fingerprint density at radius 3 is 2.50 bits per heavy atom. The highest BCUT2D eigenvalue weighted by atomic mass is 16.5. The van der Waals surface area contributed by atoms with E-state index in [9.17, 15) is 4.79 Å². The van der Waals surface area contributed by atoms with Crippen LogP contribution < -0.4 is 4.74 Å². The molecule has 0 aromatic heterocycles. The highest BCUT2D eigenvalue weighted by Crippen LogP contribution is 2.30. The molecule has 1 aliphatic rings. The van der Waals surface area contributed by atoms with E-state index in [-0.39, 0.29) is 5.97 Å². The van der Waals surface area contributed by atoms with Gasteiger partial charge in [-0.3, -0.25) is 0 Å². The Kier molecular flexibility index (Phi) is 4.26. The van der Waals surface area contributed by atoms with E-state index < -0.39 is 0 Å². The minimum absolute atomic E-state index is 0.329. The average molecular weight is 320 g/mol. The first-order valence-corrected chi connectivity index (χ1v) is 7.86. The van der Waals surface area contributed by atoms with E-state index in [1.165, 1.54) is 5.56 Å². The Bertz CT molecular complexity index is 873. The smallest absolute Gasteiger partial charge is 0.343 e. The molecule has 0 spiro atoms. The molecule has 24 heavy (non-hydrogen) atoms. The molecule has 0 aliphatic carbocycles. The topological polar surface area (TPSA) is 35.5 Å². The molecular formula is C21H20O3. The zero-order valence-corrected chi connectivity index (χ0v) is 14.3. The third kappa shape index (κ3) is 3.11. The summed E-state index contributed by atoms with van der Waals surface area (Å²) in [6, 6.07) is 11.9. The fourth-order valence-electron chi connectivity index (χ4n) is 2.82. The number of methoxy groups -OCH3 is 1. The van der Waals surface area contributed by atoms with E-state index in [4.69, 9.17) is 9.47 Å². The van der Waals surface area contributed by atoms with Gasteiger partial charge in [-0.2, -0.15) is 0 Å². The van der Waals surface area contributed by atoms with Crippen LogP contribution in [0.4, 0.5) is 0 Å². The number of benzene rings is 2. The van der Waals surface area contributed by atoms with Crippen LogP contribution in [0.3, 0.4) is 0 Å². The summed E-state index contributed by atoms with van der Waals surface area (Å²) in [6.45, 7) is 6.04. The fraction of sp³-hybridized carbons (Fsp3) is 0.190. The van der Waals surface area contributed by atoms with Gasteiger partial charge in [0.25, 0.3) is 0 Å². The predicted octanol–water partition coefficient (Wildman–Crippen LogP) is 4.60. The zero-order valence-electron chi connectivity index (χ0n) is 14.3. The Morgan fingerprint density at radius 1 is 1.00 bits per heavy atom. The quantitative estimate of drug-likeness (QED) is 0.612. The number of esters is 1. The summed E-state index contributed by atoms with van der Waals surface area (Å²) in [5.74, 6) is 1.07. The number of rotatable bonds is 3. The molecule has 0 atom stereocenters. The highest BCUT2D eigenvalue weighted by Gasteiger charge is 2.23. The maximum absolute atomic E-state index is 12.2. The molecule has 1 heterocycles. The SMILES string of the molecule is COc1cc(/C=C2/C=C(c3ccc(C)cc3C)OC2=O)ccc1C. The molecule has 0 fully saturated rings. The molecule has 0 unspecified atom stereocenters. The van der Waals surface area contributed by atoms with Gasteiger partial charge in [0.15, 0.2) is 0 Å². The van der Waals surface area contributed by atoms with E-state index in [0.717, 1.165) is 28.0 Å². The maximum atomic E-state index is 12.2. The second-order valence-electron chi connectivity index (χ2n) is 6.05. The van der Waals surface area contributed by atoms with Gasteiger partial charge in [0, 0.05) is 5.56 Å². The molecule has 0 saturated carbocycles. The van der Waals surface area contributed by atoms with Gasteiger partial charge in [-0.15, -0.1) is 0 Å². The van der Waals surface area contributed by atoms with Crippen molar-refractivity contribution in [2.75, 3.05) is 7.11 Å². The minimum atomic E-state index is -0.329. The van der Waals surface area contributed by atoms with Crippen LogP contribution in [-0.4, -0.2) is 13.1 Å². The van der Waals surface area contributed by atoms with Gasteiger partial charge in [-0.05, 0) is 55.7 Å². The van der Waals surface area contributed by atoms with E-state index >= 15 is 0 Å². The molecule has 3 rings (SSSR count). The van der Waals surface area contributed by atoms with Crippen molar-refractivity contribution < 1.29 is 14.3 Å². The first-order chi connectivity index (χ1) is 11.5. The Balaban J connectivity index is 1.97. The first kappa shape index (κ1) is 16.1. The Labute approximate surface area is 142 Å². The van der Waals surface area contributed by atoms with Gasteiger partial charge in [0.05, 0.1) is 12.7 Å². The van der Waals surface area contributed by atoms with E-state index in [2.05, 4.69) is 6.07 Å². The molecule has 0 amide bonds. The summed E-state index contributed by atoms with van der Waals surface area (Å²) < 4.78 is 10.8. The van der Waals surface area contributed by atoms with Gasteiger partial charge in [-0.1, -0.05) is 35.9 Å². The number of ether oxygens (including phenoxy) is 2. The normalized spacial score (nSPS) is 15.4. The summed E-state index contributed by atoms with van der Waals surface area (Å²) >= 11 is 0. The molecule has 1 aliphatic heterocycles. The van der Waals surface area contributed by atoms with Crippen molar-refractivity contribution in [2.45, 2.75) is 20.8 Å². The Hall–Kier alpha value is -2.81. The van der Waals surface area contributed by atoms with Crippen LogP contribution in [0.15, 0.2) is 48.0 Å². The third-order valence-electron chi connectivity index (χ3n) is 4.13. The molecule has 2 aromatic carbocycles. The summed E-state index contributed by atoms with van der Waals surface area (Å²) in [4.78, 5) is 12.2. The van der Waals surface area contributed by atoms with Crippen molar-refractivity contribution in [3.63, 3.8) is 0 Å². The van der Waals surface area contributed by atoms with Crippen LogP contribution >= 0.6 is 0 Å². The lowest BCUT2D eigenvalue weighted by molar-refractivity contribution is -0.130. The second kappa shape index (κ2) is 6.36. The average Bonchev–Trinajstić information content (AvgIpc) is 2.89. The van der Waals surface area contributed by atoms with Crippen LogP contribution in [-0.2, 0) is 9.53 Å². The number of carbonyl (C=O) groups excluding carboxylic acids is 1. The number of hydrogen-bond acceptors (Lipinski definition) is 3. The molecule has 0 bridgehead atoms. The van der Waals surface area contributed by atoms with Crippen LogP contribution in [0, 0.1) is 20.8 Å². The zero-order chi connectivity index (χ0) is 17.3. The Morgan fingerprint density at radius 2 is 1.79 bits per heavy atom. The summed E-state index contributed by atoms with van der Waals surface area (Å²) in [6.07, 6.45) is 3.62. The van der Waals surface area contributed by atoms with Crippen LogP contribution in [0.2, 0.25) is 0 Å². The standard InChI is InChI=1S/C21H20O3/c1-13-5-8-18(15(3)9-13)20-12-17(21(22)24-20)10-16-7-6-14(2)19(11-16)23-4/h5-12H,1-4H3/b17-10-. The second-order valence-corrected chi connectivity index (χ2v) is 6.05. The van der Waals surface area contributed by atoms with Crippen LogP contribution in [0.25, 0.3) is 11.8 Å². The lowest BCUT2D eigenvalue weighted by atomic mass is 10.0. The molecule has 2 aromatic rings. The van der Waals surface area contributed by atoms with Crippen molar-refractivity contribution >= 4 is 17.8 Å². The van der Waals surface area contributed by atoms with Gasteiger partial charge >= 0.3 is 5.97 Å². The van der Waals surface area contributed by atoms with Crippen molar-refractivity contribution in [2.24, 2.45) is 0 Å². The van der Waals surface area contributed by atoms with Gasteiger partial charge in [-0.25, -0.2) is 4.79 Å². The lowest BCUT2D eigenvalue weighted by Crippen LogP contribution is -1.98. The van der Waals surface area contributed by atoms with Crippen molar-refractivity contribution in [1.29, 1.82) is 0 Å². The number of cyclic esters (lactones) is 1. The first-order valence-electron chi connectivity index (χ1n) is 7.86. The molecular weight excluding hydrogens is 300 g/mol. The molecule has 0 radical (unpaired) electrons. The van der Waals surface area contributed by atoms with Crippen molar-refractivity contribution in [1.82, 2.24) is 0 Å². The van der Waals surface area contributed by atoms with Crippen molar-refractivity contribution in [3.8, 4) is 5.75 Å². The highest BCUT2D eigenvalue weighted by molar-refractivity contribution is 6.05. The van der Waals surface area contributed by atoms with E-state index in [1.807, 2.05) is 57.2 Å². The predicted molar refractivity (Wildman–Crippen MR) is 95.7 cm³/mol. The summed E-state index contributed by atoms with van der Waals surface area (Å²) in [7, 11) is 1.64. The van der Waals surface area contributed by atoms with Crippen molar-refractivity contribution in [3.05, 3.63) is 75.9 Å². The molecule has 3 heteroatoms. The van der Waals surface area contributed by atoms with Crippen LogP contribution in [0.5, 0.6) is 5.75 Å². The lowest BCUT2D eigenvalue weighted by Gasteiger charge is -2.06. The molecule has 0 N–H and O–H groups in total. The summed E-state index contributed by atoms with van der Waals surface area (Å²) in [5, 5.41) is 0. The number of hydrogen-bond donors (Lipinski definition) is 0. The fourth-order valence-corrected chi connectivity index (χ4v) is 2.82. The molecule has 0 saturated heterocycles. The monoisotopic (exact) mass is 320 g/mol. The van der Waals surface area contributed by atoms with Gasteiger partial charge in [0.1, 0.15) is 11.5 Å². The molecule has 3 nitrogen and oxygen atoms in total. The minimum Gasteiger partial charge on any atom is -0.496 e. The maximum Gasteiger partial charge on any atom is 0.343 e. The molecule has 122 valence electrons. The number of aryl methyl sites for hydroxylation is 3. The van der Waals surface area contributed by atoms with Gasteiger partial charge < -0.3 is 9.47 Å². The van der Waals surface area contributed by atoms with E-state index in [1.54, 1.807) is 13.2 Å². The largest absolute Gasteiger partial charge is 0.496 e. The van der Waals surface area contributed by atoms with Crippen LogP contribution in [0.1, 0.15) is 27.8 Å². The number of carbonyl (C=O) groups is 1. The van der Waals surface area contributed by atoms with Gasteiger partial charge in [0.2, 0.25) is 0 Å².